The van der Waals surface area contributed by atoms with Crippen molar-refractivity contribution in [3.8, 4) is 0 Å². The molecule has 0 saturated heterocycles. The number of esters is 1. The van der Waals surface area contributed by atoms with Gasteiger partial charge >= 0.3 is 175 Å². The van der Waals surface area contributed by atoms with E-state index in [1.54, 1.807) is 27.9 Å². The Morgan fingerprint density at radius 1 is 1.07 bits per heavy atom. The van der Waals surface area contributed by atoms with Crippen molar-refractivity contribution in [2.45, 2.75) is 73.0 Å². The molecule has 1 unspecified atom stereocenters. The van der Waals surface area contributed by atoms with E-state index in [1.165, 1.54) is 8.48 Å². The Kier molecular flexibility index (Phi) is 13.2. The third kappa shape index (κ3) is 9.66. The maximum absolute atomic E-state index is 12.9. The summed E-state index contributed by atoms with van der Waals surface area (Å²) in [6.07, 6.45) is 0.414. The fraction of sp³-hybridized carbons (Fsp3) is 0.609. The molecule has 0 bridgehead atoms. The first-order valence-electron chi connectivity index (χ1n) is 9.79. The van der Waals surface area contributed by atoms with Crippen molar-refractivity contribution < 1.29 is 47.0 Å². The Morgan fingerprint density at radius 2 is 1.53 bits per heavy atom. The van der Waals surface area contributed by atoms with Gasteiger partial charge in [0, 0.05) is 32.7 Å². The van der Waals surface area contributed by atoms with Crippen molar-refractivity contribution >= 4 is 33.8 Å². The second-order valence-corrected chi connectivity index (χ2v) is 24.4. The van der Waals surface area contributed by atoms with Gasteiger partial charge in [0.2, 0.25) is 0 Å². The van der Waals surface area contributed by atoms with E-state index in [0.29, 0.717) is 6.42 Å². The Bertz CT molecular complexity index is 692. The zero-order valence-corrected chi connectivity index (χ0v) is 26.5. The summed E-state index contributed by atoms with van der Waals surface area (Å²) in [4.78, 5) is 34.4. The van der Waals surface area contributed by atoms with E-state index < -0.39 is 41.5 Å². The van der Waals surface area contributed by atoms with Gasteiger partial charge < -0.3 is 7.43 Å². The number of hydrogen-bond donors (Lipinski definition) is 0. The molecule has 0 aliphatic heterocycles. The van der Waals surface area contributed by atoms with Crippen molar-refractivity contribution in [3.05, 3.63) is 42.6 Å². The van der Waals surface area contributed by atoms with Gasteiger partial charge in [-0.2, -0.15) is 0 Å². The van der Waals surface area contributed by atoms with Crippen molar-refractivity contribution in [2.75, 3.05) is 14.1 Å². The molecule has 1 aromatic carbocycles. The molecule has 0 heterocycles. The molecule has 0 aliphatic rings. The monoisotopic (exact) mass is 601 g/mol. The van der Waals surface area contributed by atoms with Crippen molar-refractivity contribution in [2.24, 2.45) is 0 Å². The molecular weight excluding hydrogens is 560 g/mol. The minimum Gasteiger partial charge on any atom is -0.358 e. The van der Waals surface area contributed by atoms with Gasteiger partial charge in [-0.1, -0.05) is 0 Å². The first-order valence-corrected chi connectivity index (χ1v) is 19.8. The summed E-state index contributed by atoms with van der Waals surface area (Å²) in [6, 6.07) is 7.79. The zero-order valence-electron chi connectivity index (χ0n) is 20.8. The first kappa shape index (κ1) is 32.2. The number of likely N-dealkylation sites (N-methyl/N-ethyl adjacent to an activating group) is 2. The average molecular weight is 600 g/mol. The number of amides is 1. The van der Waals surface area contributed by atoms with Crippen LogP contribution in [0.4, 0.5) is 0 Å². The van der Waals surface area contributed by atoms with Crippen molar-refractivity contribution in [1.29, 1.82) is 0 Å². The van der Waals surface area contributed by atoms with Crippen LogP contribution in [0.15, 0.2) is 24.3 Å². The molecule has 0 aliphatic carbocycles. The van der Waals surface area contributed by atoms with Gasteiger partial charge in [0.05, 0.1) is 0 Å². The summed E-state index contributed by atoms with van der Waals surface area (Å²) in [5.74, 6) is -0.595. The van der Waals surface area contributed by atoms with Gasteiger partial charge in [0.1, 0.15) is 0 Å². The number of hydrogen-bond acceptors (Lipinski definition) is 3. The van der Waals surface area contributed by atoms with Crippen LogP contribution in [0, 0.1) is 7.43 Å². The Labute approximate surface area is 213 Å². The predicted octanol–water partition coefficient (Wildman–Crippen LogP) is 4.17. The van der Waals surface area contributed by atoms with Crippen LogP contribution < -0.4 is 3.58 Å². The normalized spacial score (nSPS) is 12.9. The van der Waals surface area contributed by atoms with Crippen molar-refractivity contribution in [1.82, 2.24) is 4.90 Å². The Hall–Kier alpha value is 0.0226. The second kappa shape index (κ2) is 12.3. The minimum atomic E-state index is -2.13. The second-order valence-electron chi connectivity index (χ2n) is 9.90. The van der Waals surface area contributed by atoms with Gasteiger partial charge in [0.15, 0.2) is 0 Å². The molecule has 7 heteroatoms. The summed E-state index contributed by atoms with van der Waals surface area (Å²) in [6.45, 7) is 9.01. The number of rotatable bonds is 7. The third-order valence-corrected chi connectivity index (χ3v) is 10.7. The molecule has 1 amide bonds. The fourth-order valence-electron chi connectivity index (χ4n) is 2.78. The summed E-state index contributed by atoms with van der Waals surface area (Å²) < 4.78 is 7.05. The average Bonchev–Trinajstić information content (AvgIpc) is 2.56. The van der Waals surface area contributed by atoms with Crippen molar-refractivity contribution in [3.63, 3.8) is 0 Å². The molecule has 1 rings (SSSR count). The quantitative estimate of drug-likeness (QED) is 0.269. The van der Waals surface area contributed by atoms with Crippen LogP contribution in [-0.2, 0) is 53.5 Å². The molecule has 0 saturated carbocycles. The molecule has 5 nitrogen and oxygen atoms in total. The molecule has 1 radical (unpaired) electrons. The van der Waals surface area contributed by atoms with E-state index in [-0.39, 0.29) is 46.0 Å². The van der Waals surface area contributed by atoms with Gasteiger partial charge in [-0.3, -0.25) is 0 Å². The van der Waals surface area contributed by atoms with Crippen LogP contribution in [0.3, 0.4) is 0 Å². The van der Waals surface area contributed by atoms with Crippen LogP contribution in [0.25, 0.3) is 5.32 Å². The van der Waals surface area contributed by atoms with Gasteiger partial charge in [-0.05, 0) is 0 Å². The molecule has 1 aromatic rings. The molecule has 1 atom stereocenters. The fourth-order valence-corrected chi connectivity index (χ4v) is 6.11. The summed E-state index contributed by atoms with van der Waals surface area (Å²) in [5, 5.41) is 4.17. The zero-order chi connectivity index (χ0) is 21.9. The third-order valence-electron chi connectivity index (χ3n) is 4.80. The number of benzene rings is 1. The van der Waals surface area contributed by atoms with Gasteiger partial charge in [0.25, 0.3) is 0 Å². The van der Waals surface area contributed by atoms with E-state index in [2.05, 4.69) is 44.4 Å². The molecular formula is C23H40N2O3SnY-2. The summed E-state index contributed by atoms with van der Waals surface area (Å²) in [5.41, 5.74) is -0.491. The van der Waals surface area contributed by atoms with Gasteiger partial charge in [-0.25, -0.2) is 0 Å². The van der Waals surface area contributed by atoms with E-state index in [0.717, 1.165) is 5.56 Å². The largest absolute Gasteiger partial charge is 0.358 e. The Morgan fingerprint density at radius 3 is 1.90 bits per heavy atom. The smallest absolute Gasteiger partial charge is 0 e. The van der Waals surface area contributed by atoms with Crippen LogP contribution >= 0.6 is 0 Å². The first-order chi connectivity index (χ1) is 12.6. The van der Waals surface area contributed by atoms with Gasteiger partial charge in [-0.15, -0.1) is 0 Å². The number of carbonyl (C=O) groups excluding carboxylic acids is 2. The van der Waals surface area contributed by atoms with E-state index >= 15 is 0 Å². The number of nitrogens with zero attached hydrogens (tertiary/aromatic N) is 2. The standard InChI is InChI=1S/C19H28N2O3.4CH3.Sn.Y/c1-18(2,3)24-16(22)15(13-14-11-9-8-10-12-14)21(7)17(23)19(4,5)20-6;;;;;;/h9-12,15H,13H2,1-7H3;4*1H3;;/q-1;;;;-1;;. The van der Waals surface area contributed by atoms with Crippen LogP contribution in [0.5, 0.6) is 0 Å². The summed E-state index contributed by atoms with van der Waals surface area (Å²) in [7, 11) is 3.27. The van der Waals surface area contributed by atoms with E-state index in [4.69, 9.17) is 4.74 Å². The molecule has 0 fully saturated rings. The summed E-state index contributed by atoms with van der Waals surface area (Å²) >= 11 is -2.13. The molecule has 0 spiro atoms. The van der Waals surface area contributed by atoms with E-state index in [9.17, 15) is 9.59 Å². The maximum Gasteiger partial charge on any atom is 0 e. The molecule has 0 N–H and O–H groups in total. The molecule has 30 heavy (non-hydrogen) atoms. The molecule has 0 aromatic heterocycles. The number of ether oxygens (including phenoxy) is 1. The number of carbonyl (C=O) groups is 2. The molecule has 169 valence electrons. The minimum absolute atomic E-state index is 0. The van der Waals surface area contributed by atoms with Crippen LogP contribution in [-0.4, -0.2) is 66.4 Å². The van der Waals surface area contributed by atoms with Crippen LogP contribution in [0.2, 0.25) is 14.8 Å². The van der Waals surface area contributed by atoms with E-state index in [1.807, 2.05) is 20.8 Å². The predicted molar refractivity (Wildman–Crippen MR) is 125 cm³/mol. The SMILES string of the molecule is C[N-]C(C)(C)C(=O)N(C)C(Cc1cc[c]([Sn]([CH3])([CH3])[CH3])cc1)C(=O)OC(C)(C)C.[CH3-].[Y]. The topological polar surface area (TPSA) is 60.7 Å². The van der Waals surface area contributed by atoms with Crippen LogP contribution in [0.1, 0.15) is 40.2 Å². The maximum atomic E-state index is 12.9. The Balaban J connectivity index is 0.